The fourth-order valence-corrected chi connectivity index (χ4v) is 1.95. The maximum absolute atomic E-state index is 5.36. The van der Waals surface area contributed by atoms with Gasteiger partial charge in [0, 0.05) is 5.75 Å². The van der Waals surface area contributed by atoms with Gasteiger partial charge in [0.15, 0.2) is 0 Å². The van der Waals surface area contributed by atoms with Crippen LogP contribution in [0.25, 0.3) is 0 Å². The topological polar surface area (TPSA) is 21.6 Å². The second-order valence-corrected chi connectivity index (χ2v) is 4.46. The van der Waals surface area contributed by atoms with Crippen molar-refractivity contribution in [1.82, 2.24) is 0 Å². The molecule has 0 saturated heterocycles. The zero-order chi connectivity index (χ0) is 8.32. The maximum atomic E-state index is 5.36. The zero-order valence-electron chi connectivity index (χ0n) is 7.39. The summed E-state index contributed by atoms with van der Waals surface area (Å²) >= 11 is 1.81. The summed E-state index contributed by atoms with van der Waals surface area (Å²) in [6, 6.07) is 0. The Hall–Kier alpha value is -0.180. The Labute approximate surface area is 72.4 Å². The first-order valence-electron chi connectivity index (χ1n) is 4.02. The van der Waals surface area contributed by atoms with Crippen LogP contribution >= 0.6 is 11.8 Å². The molecule has 2 nitrogen and oxygen atoms in total. The van der Waals surface area contributed by atoms with Gasteiger partial charge in [-0.15, -0.1) is 11.8 Å². The van der Waals surface area contributed by atoms with E-state index < -0.39 is 0 Å². The summed E-state index contributed by atoms with van der Waals surface area (Å²) in [6.45, 7) is 6.26. The number of nitrogens with zero attached hydrogens (tertiary/aromatic N) is 1. The highest BCUT2D eigenvalue weighted by Gasteiger charge is 2.22. The molecule has 0 aromatic rings. The largest absolute Gasteiger partial charge is 0.389 e. The summed E-state index contributed by atoms with van der Waals surface area (Å²) in [5, 5.41) is 5.19. The van der Waals surface area contributed by atoms with Crippen LogP contribution in [0.15, 0.2) is 5.16 Å². The van der Waals surface area contributed by atoms with Crippen LogP contribution < -0.4 is 0 Å². The van der Waals surface area contributed by atoms with E-state index in [4.69, 9.17) is 4.84 Å². The SMILES string of the molecule is CCC1=NOC(C)(C)CCS1. The van der Waals surface area contributed by atoms with Crippen molar-refractivity contribution in [2.24, 2.45) is 5.16 Å². The summed E-state index contributed by atoms with van der Waals surface area (Å²) in [5.41, 5.74) is -0.0656. The third kappa shape index (κ3) is 2.73. The third-order valence-electron chi connectivity index (χ3n) is 1.67. The van der Waals surface area contributed by atoms with Crippen molar-refractivity contribution in [3.63, 3.8) is 0 Å². The minimum absolute atomic E-state index is 0.0656. The van der Waals surface area contributed by atoms with Gasteiger partial charge in [-0.2, -0.15) is 0 Å². The first-order chi connectivity index (χ1) is 5.14. The van der Waals surface area contributed by atoms with Crippen molar-refractivity contribution in [3.8, 4) is 0 Å². The van der Waals surface area contributed by atoms with E-state index >= 15 is 0 Å². The molecule has 1 aliphatic rings. The molecule has 0 spiro atoms. The maximum Gasteiger partial charge on any atom is 0.133 e. The van der Waals surface area contributed by atoms with Gasteiger partial charge in [0.2, 0.25) is 0 Å². The molecule has 0 unspecified atom stereocenters. The lowest BCUT2D eigenvalue weighted by molar-refractivity contribution is -0.0144. The molecule has 11 heavy (non-hydrogen) atoms. The summed E-state index contributed by atoms with van der Waals surface area (Å²) in [4.78, 5) is 5.36. The summed E-state index contributed by atoms with van der Waals surface area (Å²) in [7, 11) is 0. The molecule has 0 fully saturated rings. The van der Waals surface area contributed by atoms with E-state index in [2.05, 4.69) is 25.9 Å². The second kappa shape index (κ2) is 3.48. The molecular formula is C8H15NOS. The molecule has 0 saturated carbocycles. The van der Waals surface area contributed by atoms with Crippen LogP contribution in [0.5, 0.6) is 0 Å². The van der Waals surface area contributed by atoms with Gasteiger partial charge >= 0.3 is 0 Å². The molecule has 1 aliphatic heterocycles. The lowest BCUT2D eigenvalue weighted by Crippen LogP contribution is -2.21. The molecule has 64 valence electrons. The van der Waals surface area contributed by atoms with E-state index in [1.165, 1.54) is 0 Å². The molecule has 0 aliphatic carbocycles. The van der Waals surface area contributed by atoms with Gasteiger partial charge in [-0.1, -0.05) is 12.1 Å². The molecule has 3 heteroatoms. The number of hydrogen-bond acceptors (Lipinski definition) is 3. The summed E-state index contributed by atoms with van der Waals surface area (Å²) in [6.07, 6.45) is 2.06. The highest BCUT2D eigenvalue weighted by atomic mass is 32.2. The van der Waals surface area contributed by atoms with E-state index in [-0.39, 0.29) is 5.60 Å². The van der Waals surface area contributed by atoms with Gasteiger partial charge in [0.05, 0.1) is 0 Å². The predicted octanol–water partition coefficient (Wildman–Crippen LogP) is 2.64. The van der Waals surface area contributed by atoms with E-state index in [0.717, 1.165) is 23.6 Å². The minimum Gasteiger partial charge on any atom is -0.389 e. The van der Waals surface area contributed by atoms with Crippen molar-refractivity contribution < 1.29 is 4.84 Å². The molecule has 1 heterocycles. The summed E-state index contributed by atoms with van der Waals surface area (Å²) < 4.78 is 0. The number of oxime groups is 1. The summed E-state index contributed by atoms with van der Waals surface area (Å²) in [5.74, 6) is 1.12. The van der Waals surface area contributed by atoms with Crippen LogP contribution in [0.4, 0.5) is 0 Å². The van der Waals surface area contributed by atoms with Gasteiger partial charge in [-0.3, -0.25) is 0 Å². The standard InChI is InChI=1S/C8H15NOS/c1-4-7-9-10-8(2,3)5-6-11-7/h4-6H2,1-3H3. The molecule has 0 aromatic carbocycles. The molecule has 0 radical (unpaired) electrons. The first kappa shape index (κ1) is 8.91. The normalized spacial score (nSPS) is 23.4. The quantitative estimate of drug-likeness (QED) is 0.608. The highest BCUT2D eigenvalue weighted by Crippen LogP contribution is 2.24. The number of hydrogen-bond donors (Lipinski definition) is 0. The van der Waals surface area contributed by atoms with Crippen LogP contribution in [0.1, 0.15) is 33.6 Å². The first-order valence-corrected chi connectivity index (χ1v) is 5.00. The van der Waals surface area contributed by atoms with Gasteiger partial charge in [-0.05, 0) is 26.7 Å². The molecular weight excluding hydrogens is 158 g/mol. The zero-order valence-corrected chi connectivity index (χ0v) is 8.20. The van der Waals surface area contributed by atoms with Crippen LogP contribution in [0.2, 0.25) is 0 Å². The van der Waals surface area contributed by atoms with Gasteiger partial charge in [0.1, 0.15) is 10.6 Å². The predicted molar refractivity (Wildman–Crippen MR) is 50.0 cm³/mol. The van der Waals surface area contributed by atoms with Crippen LogP contribution in [-0.2, 0) is 4.84 Å². The van der Waals surface area contributed by atoms with Gasteiger partial charge in [0.25, 0.3) is 0 Å². The Morgan fingerprint density at radius 3 is 3.00 bits per heavy atom. The van der Waals surface area contributed by atoms with Crippen LogP contribution in [0, 0.1) is 0 Å². The molecule has 1 rings (SSSR count). The fourth-order valence-electron chi connectivity index (χ4n) is 0.828. The number of thioether (sulfide) groups is 1. The molecule has 0 amide bonds. The van der Waals surface area contributed by atoms with E-state index in [0.29, 0.717) is 0 Å². The Morgan fingerprint density at radius 1 is 1.64 bits per heavy atom. The second-order valence-electron chi connectivity index (χ2n) is 3.29. The third-order valence-corrected chi connectivity index (χ3v) is 2.77. The van der Waals surface area contributed by atoms with Crippen molar-refractivity contribution in [2.75, 3.05) is 5.75 Å². The molecule has 0 bridgehead atoms. The van der Waals surface area contributed by atoms with Gasteiger partial charge < -0.3 is 4.84 Å². The van der Waals surface area contributed by atoms with Crippen molar-refractivity contribution in [2.45, 2.75) is 39.2 Å². The lowest BCUT2D eigenvalue weighted by Gasteiger charge is -2.18. The minimum atomic E-state index is -0.0656. The highest BCUT2D eigenvalue weighted by molar-refractivity contribution is 8.13. The van der Waals surface area contributed by atoms with Crippen molar-refractivity contribution in [3.05, 3.63) is 0 Å². The Morgan fingerprint density at radius 2 is 2.36 bits per heavy atom. The monoisotopic (exact) mass is 173 g/mol. The Bertz CT molecular complexity index is 165. The average molecular weight is 173 g/mol. The van der Waals surface area contributed by atoms with E-state index in [1.54, 1.807) is 0 Å². The van der Waals surface area contributed by atoms with E-state index in [9.17, 15) is 0 Å². The Kier molecular flexibility index (Phi) is 2.82. The van der Waals surface area contributed by atoms with Crippen molar-refractivity contribution in [1.29, 1.82) is 0 Å². The molecule has 0 atom stereocenters. The Balaban J connectivity index is 2.56. The molecule has 0 aromatic heterocycles. The smallest absolute Gasteiger partial charge is 0.133 e. The van der Waals surface area contributed by atoms with Crippen LogP contribution in [0.3, 0.4) is 0 Å². The lowest BCUT2D eigenvalue weighted by atomic mass is 10.1. The molecule has 0 N–H and O–H groups in total. The van der Waals surface area contributed by atoms with E-state index in [1.807, 2.05) is 11.8 Å². The van der Waals surface area contributed by atoms with Crippen molar-refractivity contribution >= 4 is 16.8 Å². The number of rotatable bonds is 1. The van der Waals surface area contributed by atoms with Gasteiger partial charge in [-0.25, -0.2) is 0 Å². The fraction of sp³-hybridized carbons (Fsp3) is 0.875. The van der Waals surface area contributed by atoms with Crippen LogP contribution in [-0.4, -0.2) is 16.4 Å². The average Bonchev–Trinajstić information content (AvgIpc) is 2.10.